The summed E-state index contributed by atoms with van der Waals surface area (Å²) in [5.41, 5.74) is 5.59. The Kier molecular flexibility index (Phi) is 4.43. The molecule has 0 aliphatic rings. The maximum Gasteiger partial charge on any atom is 0.161 e. The Bertz CT molecular complexity index is 540. The number of aromatic nitrogens is 2. The van der Waals surface area contributed by atoms with Gasteiger partial charge in [0.2, 0.25) is 0 Å². The van der Waals surface area contributed by atoms with Crippen LogP contribution in [-0.2, 0) is 17.8 Å². The second kappa shape index (κ2) is 6.26. The predicted molar refractivity (Wildman–Crippen MR) is 75.4 cm³/mol. The van der Waals surface area contributed by atoms with Crippen molar-refractivity contribution in [1.82, 2.24) is 9.97 Å². The van der Waals surface area contributed by atoms with Gasteiger partial charge >= 0.3 is 0 Å². The molecule has 1 heterocycles. The molecule has 0 saturated carbocycles. The van der Waals surface area contributed by atoms with Crippen LogP contribution in [0, 0.1) is 0 Å². The number of hydrazine groups is 1. The minimum Gasteiger partial charge on any atom is -0.378 e. The van der Waals surface area contributed by atoms with E-state index in [4.69, 9.17) is 10.6 Å². The van der Waals surface area contributed by atoms with Crippen molar-refractivity contribution in [2.24, 2.45) is 5.84 Å². The van der Waals surface area contributed by atoms with Crippen LogP contribution in [0.4, 0.5) is 5.82 Å². The summed E-state index contributed by atoms with van der Waals surface area (Å²) in [6, 6.07) is 9.97. The van der Waals surface area contributed by atoms with Gasteiger partial charge in [0.15, 0.2) is 5.82 Å². The van der Waals surface area contributed by atoms with E-state index in [0.29, 0.717) is 18.2 Å². The summed E-state index contributed by atoms with van der Waals surface area (Å²) >= 11 is 0. The lowest BCUT2D eigenvalue weighted by atomic mass is 10.1. The van der Waals surface area contributed by atoms with Crippen LogP contribution in [-0.4, -0.2) is 17.1 Å². The van der Waals surface area contributed by atoms with Crippen LogP contribution in [0.2, 0.25) is 0 Å². The van der Waals surface area contributed by atoms with Crippen molar-refractivity contribution in [1.29, 1.82) is 0 Å². The highest BCUT2D eigenvalue weighted by atomic mass is 16.5. The van der Waals surface area contributed by atoms with Gasteiger partial charge in [0.05, 0.1) is 12.3 Å². The first-order valence-electron chi connectivity index (χ1n) is 6.19. The molecule has 0 amide bonds. The van der Waals surface area contributed by atoms with Gasteiger partial charge in [-0.1, -0.05) is 31.2 Å². The molecule has 1 aromatic heterocycles. The monoisotopic (exact) mass is 258 g/mol. The topological polar surface area (TPSA) is 73.1 Å². The summed E-state index contributed by atoms with van der Waals surface area (Å²) in [4.78, 5) is 8.82. The Morgan fingerprint density at radius 1 is 1.21 bits per heavy atom. The fraction of sp³-hybridized carbons (Fsp3) is 0.286. The highest BCUT2D eigenvalue weighted by molar-refractivity contribution is 5.58. The number of nitrogens with zero attached hydrogens (tertiary/aromatic N) is 2. The van der Waals surface area contributed by atoms with Crippen LogP contribution in [0.25, 0.3) is 11.4 Å². The summed E-state index contributed by atoms with van der Waals surface area (Å²) in [5, 5.41) is 0. The van der Waals surface area contributed by atoms with E-state index in [1.807, 2.05) is 12.1 Å². The second-order valence-corrected chi connectivity index (χ2v) is 4.20. The highest BCUT2D eigenvalue weighted by Crippen LogP contribution is 2.19. The maximum absolute atomic E-state index is 5.43. The Hall–Kier alpha value is -1.98. The normalized spacial score (nSPS) is 10.5. The molecule has 19 heavy (non-hydrogen) atoms. The fourth-order valence-corrected chi connectivity index (χ4v) is 1.81. The van der Waals surface area contributed by atoms with Crippen molar-refractivity contribution in [3.05, 3.63) is 41.6 Å². The summed E-state index contributed by atoms with van der Waals surface area (Å²) in [6.07, 6.45) is 1.01. The molecular formula is C14H18N4O. The average molecular weight is 258 g/mol. The average Bonchev–Trinajstić information content (AvgIpc) is 2.47. The van der Waals surface area contributed by atoms with Crippen LogP contribution >= 0.6 is 0 Å². The van der Waals surface area contributed by atoms with E-state index in [9.17, 15) is 0 Å². The molecular weight excluding hydrogens is 240 g/mol. The minimum atomic E-state index is 0.428. The number of nitrogens with two attached hydrogens (primary N) is 1. The van der Waals surface area contributed by atoms with E-state index < -0.39 is 0 Å². The molecule has 0 saturated heterocycles. The molecule has 0 aliphatic heterocycles. The van der Waals surface area contributed by atoms with Crippen molar-refractivity contribution in [2.75, 3.05) is 12.5 Å². The summed E-state index contributed by atoms with van der Waals surface area (Å²) in [5.74, 6) is 6.65. The number of methoxy groups -OCH3 is 1. The van der Waals surface area contributed by atoms with E-state index in [1.165, 1.54) is 5.56 Å². The minimum absolute atomic E-state index is 0.428. The standard InChI is InChI=1S/C14H18N4O/c1-3-10-4-6-11(7-5-10)14-16-12(9-19-2)8-13(17-14)18-15/h4-8H,3,9,15H2,1-2H3,(H,16,17,18). The SMILES string of the molecule is CCc1ccc(-c2nc(COC)cc(NN)n2)cc1. The number of rotatable bonds is 5. The van der Waals surface area contributed by atoms with Crippen LogP contribution in [0.15, 0.2) is 30.3 Å². The van der Waals surface area contributed by atoms with E-state index in [2.05, 4.69) is 34.5 Å². The molecule has 0 aliphatic carbocycles. The van der Waals surface area contributed by atoms with Gasteiger partial charge in [-0.25, -0.2) is 15.8 Å². The first-order valence-corrected chi connectivity index (χ1v) is 6.19. The zero-order chi connectivity index (χ0) is 13.7. The zero-order valence-electron chi connectivity index (χ0n) is 11.2. The number of hydrogen-bond acceptors (Lipinski definition) is 5. The molecule has 0 spiro atoms. The van der Waals surface area contributed by atoms with Crippen molar-refractivity contribution in [3.63, 3.8) is 0 Å². The van der Waals surface area contributed by atoms with E-state index in [-0.39, 0.29) is 0 Å². The molecule has 0 unspecified atom stereocenters. The van der Waals surface area contributed by atoms with Crippen molar-refractivity contribution in [2.45, 2.75) is 20.0 Å². The van der Waals surface area contributed by atoms with Gasteiger partial charge in [-0.05, 0) is 12.0 Å². The van der Waals surface area contributed by atoms with E-state index >= 15 is 0 Å². The fourth-order valence-electron chi connectivity index (χ4n) is 1.81. The van der Waals surface area contributed by atoms with Gasteiger partial charge in [-0.15, -0.1) is 0 Å². The number of anilines is 1. The molecule has 2 aromatic rings. The zero-order valence-corrected chi connectivity index (χ0v) is 11.2. The second-order valence-electron chi connectivity index (χ2n) is 4.20. The quantitative estimate of drug-likeness (QED) is 0.635. The largest absolute Gasteiger partial charge is 0.378 e. The number of aryl methyl sites for hydroxylation is 1. The van der Waals surface area contributed by atoms with Gasteiger partial charge in [0, 0.05) is 18.7 Å². The predicted octanol–water partition coefficient (Wildman–Crippen LogP) is 2.14. The molecule has 0 radical (unpaired) electrons. The van der Waals surface area contributed by atoms with Gasteiger partial charge in [-0.2, -0.15) is 0 Å². The third-order valence-corrected chi connectivity index (χ3v) is 2.84. The number of benzene rings is 1. The Balaban J connectivity index is 2.38. The lowest BCUT2D eigenvalue weighted by molar-refractivity contribution is 0.181. The molecule has 2 rings (SSSR count). The third kappa shape index (κ3) is 3.27. The molecule has 3 N–H and O–H groups in total. The number of nitrogen functional groups attached to an aromatic ring is 1. The first-order chi connectivity index (χ1) is 9.26. The number of hydrogen-bond donors (Lipinski definition) is 2. The van der Waals surface area contributed by atoms with E-state index in [1.54, 1.807) is 13.2 Å². The maximum atomic E-state index is 5.43. The third-order valence-electron chi connectivity index (χ3n) is 2.84. The molecule has 0 bridgehead atoms. The van der Waals surface area contributed by atoms with Gasteiger partial charge < -0.3 is 10.2 Å². The Morgan fingerprint density at radius 3 is 2.53 bits per heavy atom. The number of ether oxygens (including phenoxy) is 1. The van der Waals surface area contributed by atoms with E-state index in [0.717, 1.165) is 17.7 Å². The first kappa shape index (κ1) is 13.5. The van der Waals surface area contributed by atoms with Crippen LogP contribution < -0.4 is 11.3 Å². The smallest absolute Gasteiger partial charge is 0.161 e. The van der Waals surface area contributed by atoms with Gasteiger partial charge in [-0.3, -0.25) is 0 Å². The van der Waals surface area contributed by atoms with Crippen LogP contribution in [0.3, 0.4) is 0 Å². The van der Waals surface area contributed by atoms with Crippen LogP contribution in [0.5, 0.6) is 0 Å². The molecule has 0 fully saturated rings. The lowest BCUT2D eigenvalue weighted by Crippen LogP contribution is -2.10. The summed E-state index contributed by atoms with van der Waals surface area (Å²) in [6.45, 7) is 2.55. The van der Waals surface area contributed by atoms with Gasteiger partial charge in [0.25, 0.3) is 0 Å². The van der Waals surface area contributed by atoms with Crippen molar-refractivity contribution < 1.29 is 4.74 Å². The van der Waals surface area contributed by atoms with Crippen LogP contribution in [0.1, 0.15) is 18.2 Å². The van der Waals surface area contributed by atoms with Crippen molar-refractivity contribution >= 4 is 5.82 Å². The Morgan fingerprint density at radius 2 is 1.95 bits per heavy atom. The summed E-state index contributed by atoms with van der Waals surface area (Å²) < 4.78 is 5.10. The lowest BCUT2D eigenvalue weighted by Gasteiger charge is -2.07. The highest BCUT2D eigenvalue weighted by Gasteiger charge is 2.06. The van der Waals surface area contributed by atoms with Gasteiger partial charge in [0.1, 0.15) is 5.82 Å². The molecule has 0 atom stereocenters. The molecule has 100 valence electrons. The number of nitrogens with one attached hydrogen (secondary N) is 1. The molecule has 1 aromatic carbocycles. The Labute approximate surface area is 112 Å². The summed E-state index contributed by atoms with van der Waals surface area (Å²) in [7, 11) is 1.63. The molecule has 5 heteroatoms. The molecule has 5 nitrogen and oxygen atoms in total. The van der Waals surface area contributed by atoms with Crippen molar-refractivity contribution in [3.8, 4) is 11.4 Å².